The molecule has 2 atom stereocenters. The molecule has 1 aliphatic heterocycles. The molecule has 22 heavy (non-hydrogen) atoms. The van der Waals surface area contributed by atoms with Crippen LogP contribution < -0.4 is 10.1 Å². The standard InChI is InChI=1S/C17H21N3O2/c1-12-3-6-15(7-4-12)22-13(2)17(21)19-14-5-8-16-18-9-10-20(16)11-14/h3-4,6-7,9-10,13-14H,5,8,11H2,1-2H3,(H,19,21)/t13-,14-/m1/s1. The molecule has 0 saturated carbocycles. The number of hydrogen-bond donors (Lipinski definition) is 1. The van der Waals surface area contributed by atoms with Crippen LogP contribution in [0.15, 0.2) is 36.7 Å². The Kier molecular flexibility index (Phi) is 4.13. The van der Waals surface area contributed by atoms with Gasteiger partial charge in [-0.25, -0.2) is 4.98 Å². The van der Waals surface area contributed by atoms with E-state index in [1.807, 2.05) is 43.6 Å². The van der Waals surface area contributed by atoms with Crippen LogP contribution in [-0.2, 0) is 17.8 Å². The molecule has 0 bridgehead atoms. The second kappa shape index (κ2) is 6.22. The van der Waals surface area contributed by atoms with E-state index in [1.54, 1.807) is 6.92 Å². The third-order valence-corrected chi connectivity index (χ3v) is 3.98. The minimum atomic E-state index is -0.508. The molecule has 0 fully saturated rings. The monoisotopic (exact) mass is 299 g/mol. The van der Waals surface area contributed by atoms with Gasteiger partial charge in [-0.05, 0) is 32.4 Å². The number of amides is 1. The second-order valence-corrected chi connectivity index (χ2v) is 5.81. The molecule has 1 N–H and O–H groups in total. The van der Waals surface area contributed by atoms with Gasteiger partial charge in [0.2, 0.25) is 0 Å². The number of carbonyl (C=O) groups is 1. The highest BCUT2D eigenvalue weighted by atomic mass is 16.5. The Morgan fingerprint density at radius 3 is 2.95 bits per heavy atom. The number of aryl methyl sites for hydroxylation is 2. The molecule has 1 aromatic heterocycles. The average molecular weight is 299 g/mol. The van der Waals surface area contributed by atoms with E-state index in [-0.39, 0.29) is 11.9 Å². The molecule has 1 aliphatic rings. The lowest BCUT2D eigenvalue weighted by Gasteiger charge is -2.26. The molecule has 1 amide bonds. The Hall–Kier alpha value is -2.30. The van der Waals surface area contributed by atoms with Crippen LogP contribution in [0.3, 0.4) is 0 Å². The summed E-state index contributed by atoms with van der Waals surface area (Å²) >= 11 is 0. The molecule has 2 heterocycles. The lowest BCUT2D eigenvalue weighted by molar-refractivity contribution is -0.128. The fourth-order valence-corrected chi connectivity index (χ4v) is 2.68. The van der Waals surface area contributed by atoms with Gasteiger partial charge < -0.3 is 14.6 Å². The van der Waals surface area contributed by atoms with E-state index in [0.717, 1.165) is 25.2 Å². The normalized spacial score (nSPS) is 18.4. The third-order valence-electron chi connectivity index (χ3n) is 3.98. The molecular formula is C17H21N3O2. The van der Waals surface area contributed by atoms with Gasteiger partial charge in [-0.3, -0.25) is 4.79 Å². The van der Waals surface area contributed by atoms with Crippen molar-refractivity contribution >= 4 is 5.91 Å². The van der Waals surface area contributed by atoms with Gasteiger partial charge in [-0.1, -0.05) is 17.7 Å². The summed E-state index contributed by atoms with van der Waals surface area (Å²) in [6, 6.07) is 7.86. The zero-order chi connectivity index (χ0) is 15.5. The van der Waals surface area contributed by atoms with Gasteiger partial charge >= 0.3 is 0 Å². The van der Waals surface area contributed by atoms with Crippen molar-refractivity contribution in [2.24, 2.45) is 0 Å². The van der Waals surface area contributed by atoms with Crippen LogP contribution in [-0.4, -0.2) is 27.6 Å². The van der Waals surface area contributed by atoms with E-state index in [0.29, 0.717) is 5.75 Å². The maximum atomic E-state index is 12.3. The van der Waals surface area contributed by atoms with Crippen LogP contribution in [0.4, 0.5) is 0 Å². The number of aromatic nitrogens is 2. The number of ether oxygens (including phenoxy) is 1. The summed E-state index contributed by atoms with van der Waals surface area (Å²) in [6.07, 6.45) is 5.07. The van der Waals surface area contributed by atoms with Crippen molar-refractivity contribution in [1.29, 1.82) is 0 Å². The van der Waals surface area contributed by atoms with E-state index < -0.39 is 6.10 Å². The Balaban J connectivity index is 1.54. The van der Waals surface area contributed by atoms with E-state index in [1.165, 1.54) is 5.56 Å². The van der Waals surface area contributed by atoms with E-state index >= 15 is 0 Å². The number of nitrogens with zero attached hydrogens (tertiary/aromatic N) is 2. The summed E-state index contributed by atoms with van der Waals surface area (Å²) < 4.78 is 7.79. The molecule has 5 heteroatoms. The molecule has 0 spiro atoms. The summed E-state index contributed by atoms with van der Waals surface area (Å²) in [6.45, 7) is 4.58. The zero-order valence-corrected chi connectivity index (χ0v) is 13.0. The Bertz CT molecular complexity index is 648. The van der Waals surface area contributed by atoms with Crippen LogP contribution in [0.2, 0.25) is 0 Å². The Labute approximate surface area is 130 Å². The number of benzene rings is 1. The molecule has 0 unspecified atom stereocenters. The highest BCUT2D eigenvalue weighted by Crippen LogP contribution is 2.15. The predicted octanol–water partition coefficient (Wildman–Crippen LogP) is 2.09. The summed E-state index contributed by atoms with van der Waals surface area (Å²) in [4.78, 5) is 16.6. The first-order valence-corrected chi connectivity index (χ1v) is 7.65. The smallest absolute Gasteiger partial charge is 0.261 e. The van der Waals surface area contributed by atoms with Crippen molar-refractivity contribution in [3.05, 3.63) is 48.0 Å². The lowest BCUT2D eigenvalue weighted by Crippen LogP contribution is -2.46. The van der Waals surface area contributed by atoms with Crippen molar-refractivity contribution in [2.75, 3.05) is 0 Å². The highest BCUT2D eigenvalue weighted by Gasteiger charge is 2.23. The van der Waals surface area contributed by atoms with Crippen LogP contribution in [0.1, 0.15) is 24.7 Å². The van der Waals surface area contributed by atoms with Crippen molar-refractivity contribution in [2.45, 2.75) is 45.4 Å². The SMILES string of the molecule is Cc1ccc(O[C@H](C)C(=O)N[C@@H]2CCc3nccn3C2)cc1. The van der Waals surface area contributed by atoms with Crippen molar-refractivity contribution in [1.82, 2.24) is 14.9 Å². The summed E-state index contributed by atoms with van der Waals surface area (Å²) in [5.41, 5.74) is 1.17. The maximum absolute atomic E-state index is 12.3. The third kappa shape index (κ3) is 3.30. The van der Waals surface area contributed by atoms with Crippen molar-refractivity contribution < 1.29 is 9.53 Å². The second-order valence-electron chi connectivity index (χ2n) is 5.81. The minimum Gasteiger partial charge on any atom is -0.481 e. The summed E-state index contributed by atoms with van der Waals surface area (Å²) in [5.74, 6) is 1.73. The average Bonchev–Trinajstić information content (AvgIpc) is 2.97. The van der Waals surface area contributed by atoms with Crippen LogP contribution in [0.25, 0.3) is 0 Å². The van der Waals surface area contributed by atoms with E-state index in [9.17, 15) is 4.79 Å². The van der Waals surface area contributed by atoms with Crippen molar-refractivity contribution in [3.63, 3.8) is 0 Å². The fourth-order valence-electron chi connectivity index (χ4n) is 2.68. The largest absolute Gasteiger partial charge is 0.481 e. The number of rotatable bonds is 4. The predicted molar refractivity (Wildman–Crippen MR) is 83.7 cm³/mol. The lowest BCUT2D eigenvalue weighted by atomic mass is 10.1. The summed E-state index contributed by atoms with van der Waals surface area (Å²) in [7, 11) is 0. The van der Waals surface area contributed by atoms with Gasteiger partial charge in [-0.2, -0.15) is 0 Å². The van der Waals surface area contributed by atoms with Crippen LogP contribution in [0.5, 0.6) is 5.75 Å². The molecule has 5 nitrogen and oxygen atoms in total. The van der Waals surface area contributed by atoms with Gasteiger partial charge in [0.25, 0.3) is 5.91 Å². The van der Waals surface area contributed by atoms with Gasteiger partial charge in [0.15, 0.2) is 6.10 Å². The number of hydrogen-bond acceptors (Lipinski definition) is 3. The van der Waals surface area contributed by atoms with Crippen molar-refractivity contribution in [3.8, 4) is 5.75 Å². The molecule has 1 aromatic carbocycles. The minimum absolute atomic E-state index is 0.0749. The maximum Gasteiger partial charge on any atom is 0.261 e. The molecule has 0 saturated heterocycles. The van der Waals surface area contributed by atoms with E-state index in [2.05, 4.69) is 14.9 Å². The van der Waals surface area contributed by atoms with Crippen LogP contribution >= 0.6 is 0 Å². The Morgan fingerprint density at radius 2 is 2.18 bits per heavy atom. The highest BCUT2D eigenvalue weighted by molar-refractivity contribution is 5.81. The number of carbonyl (C=O) groups excluding carboxylic acids is 1. The first-order valence-electron chi connectivity index (χ1n) is 7.65. The first kappa shape index (κ1) is 14.6. The molecule has 3 rings (SSSR count). The topological polar surface area (TPSA) is 56.1 Å². The molecule has 0 aliphatic carbocycles. The van der Waals surface area contributed by atoms with Crippen LogP contribution in [0, 0.1) is 6.92 Å². The molecule has 116 valence electrons. The zero-order valence-electron chi connectivity index (χ0n) is 13.0. The molecular weight excluding hydrogens is 278 g/mol. The van der Waals surface area contributed by atoms with Gasteiger partial charge in [0.1, 0.15) is 11.6 Å². The molecule has 2 aromatic rings. The van der Waals surface area contributed by atoms with Gasteiger partial charge in [0.05, 0.1) is 0 Å². The number of imidazole rings is 1. The first-order chi connectivity index (χ1) is 10.6. The number of fused-ring (bicyclic) bond motifs is 1. The Morgan fingerprint density at radius 1 is 1.41 bits per heavy atom. The van der Waals surface area contributed by atoms with Gasteiger partial charge in [0, 0.05) is 31.4 Å². The van der Waals surface area contributed by atoms with Gasteiger partial charge in [-0.15, -0.1) is 0 Å². The summed E-state index contributed by atoms with van der Waals surface area (Å²) in [5, 5.41) is 3.07. The fraction of sp³-hybridized carbons (Fsp3) is 0.412. The van der Waals surface area contributed by atoms with E-state index in [4.69, 9.17) is 4.74 Å². The molecule has 0 radical (unpaired) electrons. The quantitative estimate of drug-likeness (QED) is 0.940. The number of nitrogens with one attached hydrogen (secondary N) is 1.